The fourth-order valence-electron chi connectivity index (χ4n) is 2.70. The Bertz CT molecular complexity index is 1130. The van der Waals surface area contributed by atoms with Gasteiger partial charge in [-0.3, -0.25) is 14.8 Å². The van der Waals surface area contributed by atoms with Gasteiger partial charge < -0.3 is 9.30 Å². The topological polar surface area (TPSA) is 115 Å². The molecule has 0 aliphatic heterocycles. The van der Waals surface area contributed by atoms with Gasteiger partial charge in [-0.15, -0.1) is 13.2 Å². The van der Waals surface area contributed by atoms with Gasteiger partial charge in [-0.1, -0.05) is 12.1 Å². The summed E-state index contributed by atoms with van der Waals surface area (Å²) in [5.41, 5.74) is 0.433. The Morgan fingerprint density at radius 3 is 2.29 bits per heavy atom. The summed E-state index contributed by atoms with van der Waals surface area (Å²) in [7, 11) is -4.01. The van der Waals surface area contributed by atoms with E-state index in [1.807, 2.05) is 0 Å². The Balaban J connectivity index is 2.30. The van der Waals surface area contributed by atoms with Crippen molar-refractivity contribution in [1.82, 2.24) is 10.0 Å². The minimum absolute atomic E-state index is 0.108. The van der Waals surface area contributed by atoms with Crippen molar-refractivity contribution < 1.29 is 40.7 Å². The van der Waals surface area contributed by atoms with Crippen LogP contribution in [-0.4, -0.2) is 41.5 Å². The number of carbonyl (C=O) groups excluding carboxylic acids is 1. The van der Waals surface area contributed by atoms with Gasteiger partial charge in [0, 0.05) is 30.6 Å². The average molecular weight is 466 g/mol. The standard InChI is InChI=1S/C18H18F4N2O6S/c1-17(16(26)23-27,31(2,28)29)7-8-24-10-14(19)13(9-15(24)25)11-3-5-12(6-4-11)30-18(20,21)22/h3-6,9-10,27H,7-8H2,1-2H3,(H,23,26). The molecule has 1 aromatic carbocycles. The lowest BCUT2D eigenvalue weighted by Crippen LogP contribution is -2.50. The van der Waals surface area contributed by atoms with Gasteiger partial charge in [0.25, 0.3) is 11.5 Å². The highest BCUT2D eigenvalue weighted by Crippen LogP contribution is 2.27. The number of aryl methyl sites for hydroxylation is 1. The fourth-order valence-corrected chi connectivity index (χ4v) is 3.54. The van der Waals surface area contributed by atoms with Gasteiger partial charge >= 0.3 is 6.36 Å². The van der Waals surface area contributed by atoms with Crippen LogP contribution in [0.5, 0.6) is 5.75 Å². The number of pyridine rings is 1. The van der Waals surface area contributed by atoms with Crippen molar-refractivity contribution in [2.24, 2.45) is 0 Å². The lowest BCUT2D eigenvalue weighted by atomic mass is 10.1. The molecule has 31 heavy (non-hydrogen) atoms. The van der Waals surface area contributed by atoms with Crippen LogP contribution in [0.4, 0.5) is 17.6 Å². The smallest absolute Gasteiger partial charge is 0.406 e. The number of aromatic nitrogens is 1. The molecule has 0 radical (unpaired) electrons. The van der Waals surface area contributed by atoms with Crippen molar-refractivity contribution in [1.29, 1.82) is 0 Å². The third-order valence-electron chi connectivity index (χ3n) is 4.71. The number of halogens is 4. The van der Waals surface area contributed by atoms with E-state index in [1.165, 1.54) is 5.48 Å². The van der Waals surface area contributed by atoms with Crippen molar-refractivity contribution in [2.45, 2.75) is 31.0 Å². The monoisotopic (exact) mass is 466 g/mol. The summed E-state index contributed by atoms with van der Waals surface area (Å²) in [6.45, 7) is 0.680. The van der Waals surface area contributed by atoms with Gasteiger partial charge in [-0.05, 0) is 31.0 Å². The Morgan fingerprint density at radius 2 is 1.81 bits per heavy atom. The molecule has 170 valence electrons. The summed E-state index contributed by atoms with van der Waals surface area (Å²) in [6.07, 6.45) is -3.76. The van der Waals surface area contributed by atoms with Crippen molar-refractivity contribution >= 4 is 15.7 Å². The summed E-state index contributed by atoms with van der Waals surface area (Å²) >= 11 is 0. The number of alkyl halides is 3. The second kappa shape index (κ2) is 8.67. The van der Waals surface area contributed by atoms with Gasteiger partial charge in [0.2, 0.25) is 0 Å². The molecule has 1 atom stereocenters. The first-order valence-corrected chi connectivity index (χ1v) is 10.5. The highest BCUT2D eigenvalue weighted by Gasteiger charge is 2.43. The SMILES string of the molecule is CC(CCn1cc(F)c(-c2ccc(OC(F)(F)F)cc2)cc1=O)(C(=O)NO)S(C)(=O)=O. The molecule has 1 heterocycles. The molecule has 0 saturated heterocycles. The summed E-state index contributed by atoms with van der Waals surface area (Å²) in [4.78, 5) is 24.2. The van der Waals surface area contributed by atoms with Crippen LogP contribution in [0.1, 0.15) is 13.3 Å². The number of benzene rings is 1. The van der Waals surface area contributed by atoms with E-state index < -0.39 is 50.4 Å². The number of hydroxylamine groups is 1. The molecule has 2 rings (SSSR count). The maximum Gasteiger partial charge on any atom is 0.573 e. The number of sulfone groups is 1. The van der Waals surface area contributed by atoms with E-state index in [-0.39, 0.29) is 17.7 Å². The first kappa shape index (κ1) is 24.3. The van der Waals surface area contributed by atoms with Gasteiger partial charge in [0.05, 0.1) is 0 Å². The van der Waals surface area contributed by atoms with E-state index >= 15 is 0 Å². The van der Waals surface area contributed by atoms with Crippen molar-refractivity contribution in [3.63, 3.8) is 0 Å². The van der Waals surface area contributed by atoms with Crippen molar-refractivity contribution in [3.05, 3.63) is 52.7 Å². The maximum absolute atomic E-state index is 14.6. The van der Waals surface area contributed by atoms with Gasteiger partial charge in [0.1, 0.15) is 11.6 Å². The normalized spacial score (nSPS) is 14.0. The van der Waals surface area contributed by atoms with E-state index in [2.05, 4.69) is 4.74 Å². The fraction of sp³-hybridized carbons (Fsp3) is 0.333. The van der Waals surface area contributed by atoms with Gasteiger partial charge in [0.15, 0.2) is 14.6 Å². The van der Waals surface area contributed by atoms with Crippen molar-refractivity contribution in [3.8, 4) is 16.9 Å². The molecule has 0 aliphatic rings. The summed E-state index contributed by atoms with van der Waals surface area (Å²) in [5, 5.41) is 8.81. The summed E-state index contributed by atoms with van der Waals surface area (Å²) in [6, 6.07) is 5.07. The van der Waals surface area contributed by atoms with E-state index in [1.54, 1.807) is 0 Å². The third-order valence-corrected chi connectivity index (χ3v) is 6.73. The Kier molecular flexibility index (Phi) is 6.81. The van der Waals surface area contributed by atoms with E-state index in [0.717, 1.165) is 54.3 Å². The predicted molar refractivity (Wildman–Crippen MR) is 101 cm³/mol. The lowest BCUT2D eigenvalue weighted by Gasteiger charge is -2.25. The highest BCUT2D eigenvalue weighted by atomic mass is 32.2. The van der Waals surface area contributed by atoms with E-state index in [9.17, 15) is 35.6 Å². The van der Waals surface area contributed by atoms with Crippen LogP contribution in [0.15, 0.2) is 41.3 Å². The highest BCUT2D eigenvalue weighted by molar-refractivity contribution is 7.92. The number of rotatable bonds is 7. The lowest BCUT2D eigenvalue weighted by molar-refractivity contribution is -0.274. The Morgan fingerprint density at radius 1 is 1.23 bits per heavy atom. The maximum atomic E-state index is 14.6. The third kappa shape index (κ3) is 5.61. The molecule has 0 bridgehead atoms. The second-order valence-electron chi connectivity index (χ2n) is 6.83. The molecule has 2 aromatic rings. The number of carbonyl (C=O) groups is 1. The zero-order valence-electron chi connectivity index (χ0n) is 16.2. The zero-order valence-corrected chi connectivity index (χ0v) is 17.1. The number of ether oxygens (including phenoxy) is 1. The number of nitrogens with one attached hydrogen (secondary N) is 1. The minimum Gasteiger partial charge on any atom is -0.406 e. The van der Waals surface area contributed by atoms with Crippen LogP contribution < -0.4 is 15.8 Å². The molecule has 0 spiro atoms. The number of hydrogen-bond donors (Lipinski definition) is 2. The van der Waals surface area contributed by atoms with Crippen LogP contribution in [0, 0.1) is 5.82 Å². The molecule has 0 saturated carbocycles. The first-order chi connectivity index (χ1) is 14.2. The molecule has 13 heteroatoms. The zero-order chi connectivity index (χ0) is 23.6. The van der Waals surface area contributed by atoms with E-state index in [4.69, 9.17) is 5.21 Å². The van der Waals surface area contributed by atoms with Crippen LogP contribution >= 0.6 is 0 Å². The largest absolute Gasteiger partial charge is 0.573 e. The van der Waals surface area contributed by atoms with Crippen LogP contribution in [0.3, 0.4) is 0 Å². The molecule has 8 nitrogen and oxygen atoms in total. The first-order valence-electron chi connectivity index (χ1n) is 8.58. The molecule has 0 fully saturated rings. The molecule has 0 aliphatic carbocycles. The minimum atomic E-state index is -4.89. The molecular weight excluding hydrogens is 448 g/mol. The Hall–Kier alpha value is -2.93. The Labute approximate surface area is 173 Å². The van der Waals surface area contributed by atoms with E-state index in [0.29, 0.717) is 0 Å². The van der Waals surface area contributed by atoms with Crippen molar-refractivity contribution in [2.75, 3.05) is 6.26 Å². The van der Waals surface area contributed by atoms with Gasteiger partial charge in [-0.2, -0.15) is 0 Å². The average Bonchev–Trinajstić information content (AvgIpc) is 2.66. The second-order valence-corrected chi connectivity index (χ2v) is 9.28. The number of amides is 1. The molecule has 1 aromatic heterocycles. The molecule has 1 amide bonds. The summed E-state index contributed by atoms with van der Waals surface area (Å²) in [5.74, 6) is -2.63. The number of hydrogen-bond acceptors (Lipinski definition) is 6. The number of nitrogens with zero attached hydrogens (tertiary/aromatic N) is 1. The quantitative estimate of drug-likeness (QED) is 0.368. The van der Waals surface area contributed by atoms with Crippen LogP contribution in [0.2, 0.25) is 0 Å². The van der Waals surface area contributed by atoms with Crippen LogP contribution in [0.25, 0.3) is 11.1 Å². The molecular formula is C18H18F4N2O6S. The predicted octanol–water partition coefficient (Wildman–Crippen LogP) is 2.25. The molecule has 2 N–H and O–H groups in total. The van der Waals surface area contributed by atoms with Gasteiger partial charge in [-0.25, -0.2) is 18.3 Å². The molecule has 1 unspecified atom stereocenters. The summed E-state index contributed by atoms with van der Waals surface area (Å²) < 4.78 is 77.7. The van der Waals surface area contributed by atoms with Crippen LogP contribution in [-0.2, 0) is 21.2 Å².